The smallest absolute Gasteiger partial charge is 0.286 e. The Labute approximate surface area is 155 Å². The molecular formula is C21H29N4O+. The van der Waals surface area contributed by atoms with Crippen molar-refractivity contribution in [3.05, 3.63) is 36.3 Å². The van der Waals surface area contributed by atoms with Crippen molar-refractivity contribution < 1.29 is 9.36 Å². The summed E-state index contributed by atoms with van der Waals surface area (Å²) in [6, 6.07) is 6.60. The van der Waals surface area contributed by atoms with Gasteiger partial charge >= 0.3 is 0 Å². The fraction of sp³-hybridized carbons (Fsp3) is 0.571. The quantitative estimate of drug-likeness (QED) is 0.751. The Kier molecular flexibility index (Phi) is 5.32. The molecule has 5 nitrogen and oxygen atoms in total. The Morgan fingerprint density at radius 1 is 1.23 bits per heavy atom. The number of aromatic amines is 1. The van der Waals surface area contributed by atoms with Crippen LogP contribution in [0.15, 0.2) is 30.6 Å². The lowest BCUT2D eigenvalue weighted by molar-refractivity contribution is -0.684. The van der Waals surface area contributed by atoms with E-state index in [9.17, 15) is 4.79 Å². The third-order valence-corrected chi connectivity index (χ3v) is 5.60. The van der Waals surface area contributed by atoms with Crippen LogP contribution in [0.25, 0.3) is 11.3 Å². The van der Waals surface area contributed by atoms with Crippen molar-refractivity contribution in [2.24, 2.45) is 5.92 Å². The van der Waals surface area contributed by atoms with Gasteiger partial charge in [0.05, 0.1) is 11.3 Å². The van der Waals surface area contributed by atoms with Crippen molar-refractivity contribution >= 4 is 5.91 Å². The van der Waals surface area contributed by atoms with Crippen LogP contribution in [-0.4, -0.2) is 22.1 Å². The van der Waals surface area contributed by atoms with E-state index in [0.29, 0.717) is 12.6 Å². The molecule has 0 bridgehead atoms. The third kappa shape index (κ3) is 4.71. The summed E-state index contributed by atoms with van der Waals surface area (Å²) < 4.78 is 1.93. The number of H-pyrrole nitrogens is 1. The number of rotatable bonds is 7. The molecule has 138 valence electrons. The first-order valence-corrected chi connectivity index (χ1v) is 10.1. The summed E-state index contributed by atoms with van der Waals surface area (Å²) in [5.74, 6) is 0.976. The Hall–Kier alpha value is -2.17. The molecule has 2 aliphatic rings. The number of aryl methyl sites for hydroxylation is 1. The van der Waals surface area contributed by atoms with Crippen molar-refractivity contribution in [2.75, 3.05) is 0 Å². The van der Waals surface area contributed by atoms with Crippen molar-refractivity contribution in [3.8, 4) is 11.3 Å². The maximum atomic E-state index is 12.0. The van der Waals surface area contributed by atoms with E-state index in [1.54, 1.807) is 0 Å². The summed E-state index contributed by atoms with van der Waals surface area (Å²) in [6.45, 7) is 0.364. The average Bonchev–Trinajstić information content (AvgIpc) is 3.34. The normalized spacial score (nSPS) is 18.0. The van der Waals surface area contributed by atoms with E-state index < -0.39 is 0 Å². The van der Waals surface area contributed by atoms with Gasteiger partial charge < -0.3 is 5.32 Å². The van der Waals surface area contributed by atoms with E-state index in [4.69, 9.17) is 0 Å². The molecule has 0 unspecified atom stereocenters. The van der Waals surface area contributed by atoms with E-state index in [1.807, 2.05) is 23.0 Å². The van der Waals surface area contributed by atoms with Gasteiger partial charge in [0.15, 0.2) is 12.4 Å². The molecule has 0 spiro atoms. The second-order valence-corrected chi connectivity index (χ2v) is 7.93. The first kappa shape index (κ1) is 17.3. The molecular weight excluding hydrogens is 324 g/mol. The SMILES string of the molecule is O=C(C[n+]1cccc(-c2cc(CCC3CCCCC3)[nH]n2)c1)NC1CC1. The molecule has 2 N–H and O–H groups in total. The van der Waals surface area contributed by atoms with Gasteiger partial charge in [0.25, 0.3) is 5.91 Å². The molecule has 0 aromatic carbocycles. The van der Waals surface area contributed by atoms with E-state index in [0.717, 1.165) is 36.4 Å². The predicted octanol–water partition coefficient (Wildman–Crippen LogP) is 3.16. The first-order valence-electron chi connectivity index (χ1n) is 10.1. The van der Waals surface area contributed by atoms with Crippen LogP contribution in [0.1, 0.15) is 57.1 Å². The number of hydrogen-bond donors (Lipinski definition) is 2. The van der Waals surface area contributed by atoms with Crippen molar-refractivity contribution in [1.82, 2.24) is 15.5 Å². The van der Waals surface area contributed by atoms with Crippen molar-refractivity contribution in [1.29, 1.82) is 0 Å². The van der Waals surface area contributed by atoms with Crippen LogP contribution >= 0.6 is 0 Å². The van der Waals surface area contributed by atoms with Gasteiger partial charge in [-0.2, -0.15) is 9.67 Å². The highest BCUT2D eigenvalue weighted by Crippen LogP contribution is 2.27. The molecule has 0 atom stereocenters. The third-order valence-electron chi connectivity index (χ3n) is 5.60. The largest absolute Gasteiger partial charge is 0.348 e. The van der Waals surface area contributed by atoms with E-state index in [2.05, 4.69) is 27.6 Å². The molecule has 2 aromatic rings. The molecule has 5 heteroatoms. The maximum Gasteiger partial charge on any atom is 0.286 e. The molecule has 0 aliphatic heterocycles. The minimum Gasteiger partial charge on any atom is -0.348 e. The van der Waals surface area contributed by atoms with Gasteiger partial charge in [0.1, 0.15) is 0 Å². The van der Waals surface area contributed by atoms with Crippen LogP contribution in [-0.2, 0) is 17.8 Å². The monoisotopic (exact) mass is 353 g/mol. The lowest BCUT2D eigenvalue weighted by atomic mass is 9.86. The molecule has 0 saturated heterocycles. The molecule has 0 radical (unpaired) electrons. The molecule has 26 heavy (non-hydrogen) atoms. The number of pyridine rings is 1. The summed E-state index contributed by atoms with van der Waals surface area (Å²) in [7, 11) is 0. The molecule has 1 amide bonds. The maximum absolute atomic E-state index is 12.0. The summed E-state index contributed by atoms with van der Waals surface area (Å²) in [5.41, 5.74) is 3.22. The van der Waals surface area contributed by atoms with E-state index in [-0.39, 0.29) is 5.91 Å². The van der Waals surface area contributed by atoms with Crippen LogP contribution in [0.3, 0.4) is 0 Å². The zero-order chi connectivity index (χ0) is 17.8. The molecule has 2 aliphatic carbocycles. The lowest BCUT2D eigenvalue weighted by Crippen LogP contribution is -2.43. The van der Waals surface area contributed by atoms with E-state index in [1.165, 1.54) is 44.2 Å². The molecule has 2 fully saturated rings. The molecule has 2 saturated carbocycles. The number of hydrogen-bond acceptors (Lipinski definition) is 2. The van der Waals surface area contributed by atoms with Gasteiger partial charge in [-0.05, 0) is 43.7 Å². The fourth-order valence-corrected chi connectivity index (χ4v) is 3.91. The predicted molar refractivity (Wildman–Crippen MR) is 100 cm³/mol. The Morgan fingerprint density at radius 3 is 2.88 bits per heavy atom. The van der Waals surface area contributed by atoms with Crippen LogP contribution in [0.5, 0.6) is 0 Å². The average molecular weight is 353 g/mol. The minimum atomic E-state index is 0.0878. The molecule has 2 heterocycles. The summed E-state index contributed by atoms with van der Waals surface area (Å²) in [6.07, 6.45) is 15.5. The van der Waals surface area contributed by atoms with Crippen molar-refractivity contribution in [2.45, 2.75) is 70.4 Å². The Balaban J connectivity index is 1.35. The van der Waals surface area contributed by atoms with Gasteiger partial charge in [-0.3, -0.25) is 9.89 Å². The van der Waals surface area contributed by atoms with Crippen molar-refractivity contribution in [3.63, 3.8) is 0 Å². The second-order valence-electron chi connectivity index (χ2n) is 7.93. The summed E-state index contributed by atoms with van der Waals surface area (Å²) in [4.78, 5) is 12.0. The molecule has 2 aromatic heterocycles. The summed E-state index contributed by atoms with van der Waals surface area (Å²) >= 11 is 0. The lowest BCUT2D eigenvalue weighted by Gasteiger charge is -2.20. The fourth-order valence-electron chi connectivity index (χ4n) is 3.91. The number of carbonyl (C=O) groups excluding carboxylic acids is 1. The number of nitrogens with zero attached hydrogens (tertiary/aromatic N) is 2. The zero-order valence-corrected chi connectivity index (χ0v) is 15.4. The van der Waals surface area contributed by atoms with Gasteiger partial charge in [-0.15, -0.1) is 0 Å². The topological polar surface area (TPSA) is 61.7 Å². The van der Waals surface area contributed by atoms with Gasteiger partial charge in [0, 0.05) is 17.8 Å². The zero-order valence-electron chi connectivity index (χ0n) is 15.4. The number of nitrogens with one attached hydrogen (secondary N) is 2. The number of carbonyl (C=O) groups is 1. The number of amides is 1. The second kappa shape index (κ2) is 8.02. The summed E-state index contributed by atoms with van der Waals surface area (Å²) in [5, 5.41) is 10.7. The van der Waals surface area contributed by atoms with Gasteiger partial charge in [-0.25, -0.2) is 0 Å². The van der Waals surface area contributed by atoms with Gasteiger partial charge in [0.2, 0.25) is 6.54 Å². The standard InChI is InChI=1S/C21H28N4O/c26-21(22-18-10-11-18)15-25-12-4-7-17(14-25)20-13-19(23-24-20)9-8-16-5-2-1-3-6-16/h4,7,12-14,16,18H,1-3,5-6,8-11,15H2,(H-,22,23,24,26)/p+1. The van der Waals surface area contributed by atoms with Gasteiger partial charge in [-0.1, -0.05) is 32.1 Å². The highest BCUT2D eigenvalue weighted by molar-refractivity contribution is 5.75. The number of aromatic nitrogens is 3. The highest BCUT2D eigenvalue weighted by atomic mass is 16.2. The van der Waals surface area contributed by atoms with Crippen LogP contribution in [0, 0.1) is 5.92 Å². The molecule has 4 rings (SSSR count). The Bertz CT molecular complexity index is 744. The van der Waals surface area contributed by atoms with Crippen LogP contribution in [0.2, 0.25) is 0 Å². The highest BCUT2D eigenvalue weighted by Gasteiger charge is 2.24. The van der Waals surface area contributed by atoms with Crippen LogP contribution < -0.4 is 9.88 Å². The Morgan fingerprint density at radius 2 is 2.08 bits per heavy atom. The van der Waals surface area contributed by atoms with Crippen LogP contribution in [0.4, 0.5) is 0 Å². The van der Waals surface area contributed by atoms with E-state index >= 15 is 0 Å². The minimum absolute atomic E-state index is 0.0878. The first-order chi connectivity index (χ1) is 12.8.